The highest BCUT2D eigenvalue weighted by molar-refractivity contribution is 9.10. The molecule has 0 atom stereocenters. The Labute approximate surface area is 138 Å². The van der Waals surface area contributed by atoms with Crippen molar-refractivity contribution in [3.8, 4) is 12.3 Å². The van der Waals surface area contributed by atoms with Gasteiger partial charge in [0.15, 0.2) is 0 Å². The number of hydrogen-bond acceptors (Lipinski definition) is 2. The maximum absolute atomic E-state index is 5.61. The molecule has 0 heterocycles. The summed E-state index contributed by atoms with van der Waals surface area (Å²) in [6.07, 6.45) is 1.88. The van der Waals surface area contributed by atoms with Gasteiger partial charge in [0.25, 0.3) is 6.57 Å². The molecule has 0 fully saturated rings. The van der Waals surface area contributed by atoms with E-state index in [4.69, 9.17) is 11.3 Å². The summed E-state index contributed by atoms with van der Waals surface area (Å²) < 4.78 is 6.62. The van der Waals surface area contributed by atoms with Crippen LogP contribution >= 0.6 is 15.9 Å². The van der Waals surface area contributed by atoms with E-state index in [9.17, 15) is 0 Å². The number of rotatable bonds is 5. The second kappa shape index (κ2) is 14.9. The summed E-state index contributed by atoms with van der Waals surface area (Å²) in [5.41, 5.74) is 0.787. The van der Waals surface area contributed by atoms with E-state index in [2.05, 4.69) is 20.8 Å². The van der Waals surface area contributed by atoms with Crippen LogP contribution in [0.3, 0.4) is 0 Å². The molecule has 4 heteroatoms. The summed E-state index contributed by atoms with van der Waals surface area (Å²) in [6.45, 7) is 16.4. The average molecular weight is 356 g/mol. The molecule has 0 spiro atoms. The molecule has 0 amide bonds. The molecule has 0 saturated carbocycles. The van der Waals surface area contributed by atoms with Crippen LogP contribution in [0.2, 0.25) is 0 Å². The third kappa shape index (κ3) is 12.0. The van der Waals surface area contributed by atoms with Crippen LogP contribution in [-0.2, 0) is 0 Å². The van der Waals surface area contributed by atoms with Gasteiger partial charge in [0.2, 0.25) is 0 Å². The highest BCUT2D eigenvalue weighted by Gasteiger charge is 2.00. The van der Waals surface area contributed by atoms with Gasteiger partial charge in [-0.15, -0.1) is 0 Å². The summed E-state index contributed by atoms with van der Waals surface area (Å²) >= 11 is 3.40. The summed E-state index contributed by atoms with van der Waals surface area (Å²) in [6, 6.07) is 7.78. The maximum Gasteiger partial charge on any atom is 0.329 e. The average Bonchev–Trinajstić information content (AvgIpc) is 2.51. The Kier molecular flexibility index (Phi) is 15.5. The van der Waals surface area contributed by atoms with E-state index in [0.717, 1.165) is 22.5 Å². The van der Waals surface area contributed by atoms with Gasteiger partial charge in [0.05, 0.1) is 12.7 Å². The molecule has 0 radical (unpaired) electrons. The highest BCUT2D eigenvalue weighted by atomic mass is 79.9. The Hall–Kier alpha value is -1.47. The molecule has 118 valence electrons. The molecule has 0 saturated heterocycles. The zero-order valence-corrected chi connectivity index (χ0v) is 15.6. The van der Waals surface area contributed by atoms with Crippen molar-refractivity contribution in [1.82, 2.24) is 4.90 Å². The minimum atomic E-state index is 0.612. The van der Waals surface area contributed by atoms with Crippen molar-refractivity contribution in [2.24, 2.45) is 0 Å². The summed E-state index contributed by atoms with van der Waals surface area (Å²) in [5.74, 6) is 0.858. The molecule has 0 unspecified atom stereocenters. The largest absolute Gasteiger partial charge is 0.492 e. The van der Waals surface area contributed by atoms with E-state index in [1.54, 1.807) is 0 Å². The van der Waals surface area contributed by atoms with Crippen LogP contribution in [0.15, 0.2) is 40.6 Å². The van der Waals surface area contributed by atoms with Crippen molar-refractivity contribution < 1.29 is 4.74 Å². The maximum atomic E-state index is 5.61. The van der Waals surface area contributed by atoms with Crippen LogP contribution in [0.1, 0.15) is 34.6 Å². The van der Waals surface area contributed by atoms with Crippen molar-refractivity contribution in [2.45, 2.75) is 34.6 Å². The smallest absolute Gasteiger partial charge is 0.329 e. The normalized spacial score (nSPS) is 9.33. The molecule has 0 bridgehead atoms. The third-order valence-electron chi connectivity index (χ3n) is 2.12. The van der Waals surface area contributed by atoms with E-state index in [0.29, 0.717) is 6.61 Å². The molecule has 0 aliphatic rings. The number of benzene rings is 1. The van der Waals surface area contributed by atoms with E-state index in [-0.39, 0.29) is 0 Å². The first-order valence-electron chi connectivity index (χ1n) is 7.30. The Balaban J connectivity index is 0. The van der Waals surface area contributed by atoms with Crippen molar-refractivity contribution in [1.29, 1.82) is 0 Å². The van der Waals surface area contributed by atoms with Gasteiger partial charge in [0.1, 0.15) is 12.4 Å². The molecular formula is C17H28BrN2O+. The number of likely N-dealkylation sites (N-methyl/N-ethyl adjacent to an activating group) is 1. The lowest BCUT2D eigenvalue weighted by Crippen LogP contribution is -2.19. The number of nitrogens with zero attached hydrogens (tertiary/aromatic N) is 2. The van der Waals surface area contributed by atoms with Crippen LogP contribution in [0.5, 0.6) is 5.75 Å². The van der Waals surface area contributed by atoms with Crippen molar-refractivity contribution in [3.05, 3.63) is 45.5 Å². The zero-order valence-electron chi connectivity index (χ0n) is 14.1. The summed E-state index contributed by atoms with van der Waals surface area (Å²) in [5, 5.41) is 0. The Bertz CT molecular complexity index is 439. The lowest BCUT2D eigenvalue weighted by molar-refractivity contribution is 0.273. The van der Waals surface area contributed by atoms with Gasteiger partial charge in [-0.3, -0.25) is 0 Å². The SMILES string of the molecule is C#[N+]/C(C)=C\N(C)CCOc1cccc(Br)c1.CC.CC. The van der Waals surface area contributed by atoms with Gasteiger partial charge < -0.3 is 9.64 Å². The fourth-order valence-corrected chi connectivity index (χ4v) is 1.66. The van der Waals surface area contributed by atoms with Crippen LogP contribution in [0.4, 0.5) is 0 Å². The van der Waals surface area contributed by atoms with E-state index in [1.807, 2.05) is 77.0 Å². The zero-order chi connectivity index (χ0) is 16.7. The van der Waals surface area contributed by atoms with Crippen LogP contribution in [0.25, 0.3) is 4.85 Å². The minimum Gasteiger partial charge on any atom is -0.492 e. The fourth-order valence-electron chi connectivity index (χ4n) is 1.28. The number of ether oxygens (including phenoxy) is 1. The van der Waals surface area contributed by atoms with Gasteiger partial charge in [0, 0.05) is 18.4 Å². The molecule has 1 rings (SSSR count). The van der Waals surface area contributed by atoms with Gasteiger partial charge >= 0.3 is 5.70 Å². The van der Waals surface area contributed by atoms with E-state index < -0.39 is 0 Å². The van der Waals surface area contributed by atoms with Crippen molar-refractivity contribution in [2.75, 3.05) is 20.2 Å². The fraction of sp³-hybridized carbons (Fsp3) is 0.471. The van der Waals surface area contributed by atoms with Crippen molar-refractivity contribution >= 4 is 15.9 Å². The first kappa shape index (κ1) is 21.8. The van der Waals surface area contributed by atoms with Gasteiger partial charge in [-0.1, -0.05) is 49.7 Å². The highest BCUT2D eigenvalue weighted by Crippen LogP contribution is 2.17. The molecule has 0 aromatic heterocycles. The van der Waals surface area contributed by atoms with Crippen LogP contribution in [0, 0.1) is 6.57 Å². The lowest BCUT2D eigenvalue weighted by Gasteiger charge is -2.13. The Morgan fingerprint density at radius 3 is 2.48 bits per heavy atom. The molecule has 3 nitrogen and oxygen atoms in total. The van der Waals surface area contributed by atoms with Gasteiger partial charge in [-0.2, -0.15) is 0 Å². The summed E-state index contributed by atoms with van der Waals surface area (Å²) in [7, 11) is 1.96. The lowest BCUT2D eigenvalue weighted by atomic mass is 10.3. The third-order valence-corrected chi connectivity index (χ3v) is 2.61. The predicted molar refractivity (Wildman–Crippen MR) is 97.0 cm³/mol. The van der Waals surface area contributed by atoms with E-state index >= 15 is 0 Å². The van der Waals surface area contributed by atoms with Crippen molar-refractivity contribution in [3.63, 3.8) is 0 Å². The number of halogens is 1. The molecule has 1 aromatic rings. The van der Waals surface area contributed by atoms with Crippen LogP contribution in [-0.4, -0.2) is 25.1 Å². The van der Waals surface area contributed by atoms with Crippen LogP contribution < -0.4 is 4.74 Å². The molecule has 0 aliphatic heterocycles. The topological polar surface area (TPSA) is 16.8 Å². The monoisotopic (exact) mass is 355 g/mol. The second-order valence-electron chi connectivity index (χ2n) is 3.69. The standard InChI is InChI=1S/C13H16BrN2O.2C2H6/c1-11(15-2)10-16(3)7-8-17-13-6-4-5-12(14)9-13;2*1-2/h2,4-6,9-10H,7-8H2,1,3H3;2*1-2H3/q+1;;/b11-10-;;. The first-order chi connectivity index (χ1) is 10.1. The molecular weight excluding hydrogens is 328 g/mol. The first-order valence-corrected chi connectivity index (χ1v) is 8.09. The molecule has 1 aromatic carbocycles. The summed E-state index contributed by atoms with van der Waals surface area (Å²) in [4.78, 5) is 5.57. The second-order valence-corrected chi connectivity index (χ2v) is 4.60. The number of allylic oxidation sites excluding steroid dienone is 1. The Morgan fingerprint density at radius 2 is 1.95 bits per heavy atom. The number of hydrogen-bond donors (Lipinski definition) is 0. The van der Waals surface area contributed by atoms with Gasteiger partial charge in [-0.05, 0) is 23.0 Å². The molecule has 21 heavy (non-hydrogen) atoms. The predicted octanol–water partition coefficient (Wildman–Crippen LogP) is 5.64. The minimum absolute atomic E-state index is 0.612. The Morgan fingerprint density at radius 1 is 1.33 bits per heavy atom. The van der Waals surface area contributed by atoms with Gasteiger partial charge in [-0.25, -0.2) is 0 Å². The molecule has 0 aliphatic carbocycles. The quantitative estimate of drug-likeness (QED) is 0.679. The van der Waals surface area contributed by atoms with E-state index in [1.165, 1.54) is 0 Å². The molecule has 0 N–H and O–H groups in total.